The number of nitrogens with zero attached hydrogens (tertiary/aromatic N) is 2. The van der Waals surface area contributed by atoms with Crippen LogP contribution in [0.1, 0.15) is 34.0 Å². The van der Waals surface area contributed by atoms with Gasteiger partial charge < -0.3 is 9.47 Å². The average Bonchev–Trinajstić information content (AvgIpc) is 3.28. The Labute approximate surface area is 152 Å². The van der Waals surface area contributed by atoms with E-state index in [-0.39, 0.29) is 12.6 Å². The molecule has 2 aliphatic rings. The van der Waals surface area contributed by atoms with Crippen molar-refractivity contribution in [2.45, 2.75) is 26.2 Å². The first-order valence-corrected chi connectivity index (χ1v) is 9.45. The van der Waals surface area contributed by atoms with Crippen molar-refractivity contribution in [2.75, 3.05) is 6.79 Å². The highest BCUT2D eigenvalue weighted by Gasteiger charge is 2.39. The second-order valence-electron chi connectivity index (χ2n) is 5.72. The maximum absolute atomic E-state index is 12.8. The molecule has 0 radical (unpaired) electrons. The molecule has 3 heterocycles. The largest absolute Gasteiger partial charge is 0.454 e. The number of aromatic nitrogens is 2. The number of thioether (sulfide) groups is 1. The van der Waals surface area contributed by atoms with Crippen molar-refractivity contribution in [1.82, 2.24) is 10.2 Å². The monoisotopic (exact) mass is 373 g/mol. The van der Waals surface area contributed by atoms with Crippen LogP contribution in [0.5, 0.6) is 11.5 Å². The third-order valence-corrected chi connectivity index (χ3v) is 6.19. The molecule has 1 N–H and O–H groups in total. The van der Waals surface area contributed by atoms with E-state index in [9.17, 15) is 4.79 Å². The van der Waals surface area contributed by atoms with Gasteiger partial charge in [0.05, 0.1) is 9.95 Å². The molecule has 0 spiro atoms. The number of hydrogen-bond acceptors (Lipinski definition) is 8. The van der Waals surface area contributed by atoms with Gasteiger partial charge in [0.1, 0.15) is 15.9 Å². The summed E-state index contributed by atoms with van der Waals surface area (Å²) < 4.78 is 10.8. The molecule has 6 nitrogen and oxygen atoms in total. The summed E-state index contributed by atoms with van der Waals surface area (Å²) in [6, 6.07) is 3.77. The summed E-state index contributed by atoms with van der Waals surface area (Å²) in [4.78, 5) is 13.4. The maximum Gasteiger partial charge on any atom is 0.231 e. The fourth-order valence-electron chi connectivity index (χ4n) is 2.70. The Morgan fingerprint density at radius 1 is 1.32 bits per heavy atom. The van der Waals surface area contributed by atoms with Gasteiger partial charge in [-0.15, -0.1) is 21.5 Å². The molecule has 1 aromatic carbocycles. The summed E-state index contributed by atoms with van der Waals surface area (Å²) in [7, 11) is 0. The Morgan fingerprint density at radius 3 is 2.80 bits per heavy atom. The van der Waals surface area contributed by atoms with E-state index < -0.39 is 5.92 Å². The first-order valence-electron chi connectivity index (χ1n) is 7.81. The minimum Gasteiger partial charge on any atom is -0.454 e. The van der Waals surface area contributed by atoms with Gasteiger partial charge in [0, 0.05) is 0 Å². The summed E-state index contributed by atoms with van der Waals surface area (Å²) in [6.07, 6.45) is 2.60. The van der Waals surface area contributed by atoms with Crippen molar-refractivity contribution >= 4 is 40.0 Å². The van der Waals surface area contributed by atoms with Crippen LogP contribution < -0.4 is 9.47 Å². The highest BCUT2D eigenvalue weighted by atomic mass is 32.2. The molecule has 0 bridgehead atoms. The standard InChI is InChI=1S/C17H15N3O3S2/c1-3-13-19-20-17(25-13)14-15(21)12(24-16(14)18)6-9-5-11-10(4-8(9)2)22-7-23-11/h4-6,14,18H,3,7H2,1-2H3. The normalized spacial score (nSPS) is 20.7. The summed E-state index contributed by atoms with van der Waals surface area (Å²) in [5.41, 5.74) is 1.88. The van der Waals surface area contributed by atoms with Gasteiger partial charge in [-0.05, 0) is 42.7 Å². The molecule has 8 heteroatoms. The van der Waals surface area contributed by atoms with Crippen LogP contribution in [0.15, 0.2) is 17.0 Å². The molecule has 128 valence electrons. The molecule has 1 unspecified atom stereocenters. The van der Waals surface area contributed by atoms with Crippen LogP contribution in [-0.2, 0) is 11.2 Å². The fraction of sp³-hybridized carbons (Fsp3) is 0.294. The first-order chi connectivity index (χ1) is 12.1. The average molecular weight is 373 g/mol. The smallest absolute Gasteiger partial charge is 0.231 e. The molecular weight excluding hydrogens is 358 g/mol. The van der Waals surface area contributed by atoms with E-state index >= 15 is 0 Å². The summed E-state index contributed by atoms with van der Waals surface area (Å²) in [5, 5.41) is 18.2. The number of fused-ring (bicyclic) bond motifs is 1. The van der Waals surface area contributed by atoms with Crippen LogP contribution in [0.2, 0.25) is 0 Å². The SMILES string of the molecule is CCc1nnc(C2C(=N)SC(=Cc3cc4c(cc3C)OCO4)C2=O)s1. The zero-order valence-corrected chi connectivity index (χ0v) is 15.3. The van der Waals surface area contributed by atoms with E-state index in [1.807, 2.05) is 32.1 Å². The van der Waals surface area contributed by atoms with Crippen LogP contribution in [0.4, 0.5) is 0 Å². The predicted octanol–water partition coefficient (Wildman–Crippen LogP) is 3.56. The van der Waals surface area contributed by atoms with Gasteiger partial charge in [0.2, 0.25) is 6.79 Å². The molecule has 0 saturated carbocycles. The predicted molar refractivity (Wildman–Crippen MR) is 97.6 cm³/mol. The number of aryl methyl sites for hydroxylation is 2. The Bertz CT molecular complexity index is 920. The third kappa shape index (κ3) is 2.85. The Hall–Kier alpha value is -2.19. The number of rotatable bonds is 3. The van der Waals surface area contributed by atoms with E-state index in [0.29, 0.717) is 20.7 Å². The topological polar surface area (TPSA) is 85.2 Å². The molecule has 2 aromatic rings. The molecule has 0 aliphatic carbocycles. The van der Waals surface area contributed by atoms with E-state index in [0.717, 1.165) is 28.3 Å². The fourth-order valence-corrected chi connectivity index (χ4v) is 4.64. The summed E-state index contributed by atoms with van der Waals surface area (Å²) >= 11 is 2.60. The highest BCUT2D eigenvalue weighted by molar-refractivity contribution is 8.19. The Morgan fingerprint density at radius 2 is 2.08 bits per heavy atom. The number of benzene rings is 1. The zero-order valence-electron chi connectivity index (χ0n) is 13.7. The van der Waals surface area contributed by atoms with Gasteiger partial charge in [-0.3, -0.25) is 10.2 Å². The third-order valence-electron chi connectivity index (χ3n) is 4.07. The lowest BCUT2D eigenvalue weighted by molar-refractivity contribution is -0.114. The zero-order chi connectivity index (χ0) is 17.6. The Balaban J connectivity index is 1.67. The molecule has 1 saturated heterocycles. The van der Waals surface area contributed by atoms with Gasteiger partial charge in [0.25, 0.3) is 0 Å². The van der Waals surface area contributed by atoms with Crippen molar-refractivity contribution in [3.8, 4) is 11.5 Å². The number of hydrogen-bond donors (Lipinski definition) is 1. The Kier molecular flexibility index (Phi) is 4.09. The van der Waals surface area contributed by atoms with E-state index in [1.54, 1.807) is 0 Å². The summed E-state index contributed by atoms with van der Waals surface area (Å²) in [6.45, 7) is 4.17. The van der Waals surface area contributed by atoms with E-state index in [2.05, 4.69) is 10.2 Å². The molecule has 1 atom stereocenters. The van der Waals surface area contributed by atoms with E-state index in [4.69, 9.17) is 14.9 Å². The second-order valence-corrected chi connectivity index (χ2v) is 7.90. The van der Waals surface area contributed by atoms with Crippen LogP contribution in [-0.4, -0.2) is 27.8 Å². The molecular formula is C17H15N3O3S2. The molecule has 1 aromatic heterocycles. The number of Topliss-reactive ketones (excluding diaryl/α,β-unsaturated/α-hetero) is 1. The molecule has 25 heavy (non-hydrogen) atoms. The van der Waals surface area contributed by atoms with Gasteiger partial charge in [-0.2, -0.15) is 0 Å². The van der Waals surface area contributed by atoms with Gasteiger partial charge in [-0.1, -0.05) is 18.7 Å². The van der Waals surface area contributed by atoms with Crippen LogP contribution >= 0.6 is 23.1 Å². The minimum absolute atomic E-state index is 0.0918. The number of nitrogens with one attached hydrogen (secondary N) is 1. The van der Waals surface area contributed by atoms with Crippen molar-refractivity contribution < 1.29 is 14.3 Å². The van der Waals surface area contributed by atoms with Crippen LogP contribution in [0.25, 0.3) is 6.08 Å². The van der Waals surface area contributed by atoms with Gasteiger partial charge in [0.15, 0.2) is 17.3 Å². The lowest BCUT2D eigenvalue weighted by Crippen LogP contribution is -2.11. The number of ether oxygens (including phenoxy) is 2. The number of carbonyl (C=O) groups is 1. The van der Waals surface area contributed by atoms with Crippen molar-refractivity contribution in [3.05, 3.63) is 38.2 Å². The quantitative estimate of drug-likeness (QED) is 0.828. The van der Waals surface area contributed by atoms with Crippen molar-refractivity contribution in [3.63, 3.8) is 0 Å². The minimum atomic E-state index is -0.622. The van der Waals surface area contributed by atoms with Crippen LogP contribution in [0, 0.1) is 12.3 Å². The highest BCUT2D eigenvalue weighted by Crippen LogP contribution is 2.42. The van der Waals surface area contributed by atoms with Gasteiger partial charge >= 0.3 is 0 Å². The first kappa shape index (κ1) is 16.3. The number of ketones is 1. The molecule has 4 rings (SSSR count). The number of carbonyl (C=O) groups excluding carboxylic acids is 1. The molecule has 0 amide bonds. The summed E-state index contributed by atoms with van der Waals surface area (Å²) in [5.74, 6) is 0.682. The lowest BCUT2D eigenvalue weighted by Gasteiger charge is -2.04. The van der Waals surface area contributed by atoms with Crippen molar-refractivity contribution in [2.24, 2.45) is 0 Å². The number of allylic oxidation sites excluding steroid dienone is 1. The van der Waals surface area contributed by atoms with Crippen LogP contribution in [0.3, 0.4) is 0 Å². The molecule has 2 aliphatic heterocycles. The van der Waals surface area contributed by atoms with E-state index in [1.165, 1.54) is 23.1 Å². The molecule has 1 fully saturated rings. The second kappa shape index (κ2) is 6.27. The lowest BCUT2D eigenvalue weighted by atomic mass is 10.0. The van der Waals surface area contributed by atoms with Gasteiger partial charge in [-0.25, -0.2) is 0 Å². The maximum atomic E-state index is 12.8. The van der Waals surface area contributed by atoms with Crippen molar-refractivity contribution in [1.29, 1.82) is 5.41 Å².